The summed E-state index contributed by atoms with van der Waals surface area (Å²) >= 11 is 0. The highest BCUT2D eigenvalue weighted by Gasteiger charge is 2.39. The lowest BCUT2D eigenvalue weighted by Crippen LogP contribution is -2.22. The van der Waals surface area contributed by atoms with Gasteiger partial charge in [0, 0.05) is 38.0 Å². The minimum absolute atomic E-state index is 0.131. The number of aryl methyl sites for hydroxylation is 1. The molecule has 1 aromatic rings. The van der Waals surface area contributed by atoms with Gasteiger partial charge >= 0.3 is 6.18 Å². The molecule has 0 saturated heterocycles. The second kappa shape index (κ2) is 5.70. The maximum absolute atomic E-state index is 12.1. The number of hydrogen-bond donors (Lipinski definition) is 1. The van der Waals surface area contributed by atoms with Gasteiger partial charge in [-0.15, -0.1) is 0 Å². The summed E-state index contributed by atoms with van der Waals surface area (Å²) in [6.45, 7) is 0.387. The Labute approximate surface area is 102 Å². The third kappa shape index (κ3) is 3.90. The molecule has 0 radical (unpaired) electrons. The molecule has 0 bridgehead atoms. The molecule has 1 amide bonds. The average Bonchev–Trinajstić information content (AvgIpc) is 2.75. The molecule has 7 heteroatoms. The van der Waals surface area contributed by atoms with Crippen LogP contribution in [-0.4, -0.2) is 29.5 Å². The molecule has 18 heavy (non-hydrogen) atoms. The number of alkyl halides is 3. The summed E-state index contributed by atoms with van der Waals surface area (Å²) in [7, 11) is 1.51. The Morgan fingerprint density at radius 3 is 2.61 bits per heavy atom. The van der Waals surface area contributed by atoms with E-state index in [0.717, 1.165) is 12.3 Å². The number of carbonyl (C=O) groups is 2. The Hall–Kier alpha value is -1.79. The Bertz CT molecular complexity index is 438. The van der Waals surface area contributed by atoms with Crippen LogP contribution in [0.1, 0.15) is 23.2 Å². The largest absolute Gasteiger partial charge is 0.454 e. The fourth-order valence-corrected chi connectivity index (χ4v) is 1.43. The summed E-state index contributed by atoms with van der Waals surface area (Å²) in [5.41, 5.74) is -0.387. The Morgan fingerprint density at radius 2 is 2.06 bits per heavy atom. The number of rotatable bonds is 5. The van der Waals surface area contributed by atoms with E-state index < -0.39 is 12.0 Å². The highest BCUT2D eigenvalue weighted by Crippen LogP contribution is 2.21. The minimum atomic E-state index is -4.85. The molecule has 0 aliphatic heterocycles. The minimum Gasteiger partial charge on any atom is -0.359 e. The first kappa shape index (κ1) is 14.3. The van der Waals surface area contributed by atoms with E-state index in [1.54, 1.807) is 0 Å². The molecule has 0 aromatic carbocycles. The van der Waals surface area contributed by atoms with E-state index in [1.807, 2.05) is 0 Å². The SMILES string of the molecule is CNC(=O)CCCn1ccc(C(=O)C(F)(F)F)c1. The van der Waals surface area contributed by atoms with Crippen molar-refractivity contribution in [3.05, 3.63) is 24.0 Å². The van der Waals surface area contributed by atoms with E-state index in [2.05, 4.69) is 5.32 Å². The van der Waals surface area contributed by atoms with Crippen LogP contribution in [0, 0.1) is 0 Å². The van der Waals surface area contributed by atoms with Crippen LogP contribution < -0.4 is 5.32 Å². The van der Waals surface area contributed by atoms with Crippen LogP contribution >= 0.6 is 0 Å². The van der Waals surface area contributed by atoms with Gasteiger partial charge in [0.25, 0.3) is 5.78 Å². The highest BCUT2D eigenvalue weighted by atomic mass is 19.4. The second-order valence-corrected chi connectivity index (χ2v) is 3.74. The summed E-state index contributed by atoms with van der Waals surface area (Å²) in [4.78, 5) is 21.8. The molecule has 100 valence electrons. The first-order valence-electron chi connectivity index (χ1n) is 5.32. The molecule has 0 unspecified atom stereocenters. The molecule has 1 aromatic heterocycles. The predicted molar refractivity (Wildman–Crippen MR) is 58.1 cm³/mol. The lowest BCUT2D eigenvalue weighted by atomic mass is 10.2. The third-order valence-corrected chi connectivity index (χ3v) is 2.37. The van der Waals surface area contributed by atoms with Gasteiger partial charge in [-0.25, -0.2) is 0 Å². The van der Waals surface area contributed by atoms with E-state index in [4.69, 9.17) is 0 Å². The predicted octanol–water partition coefficient (Wildman–Crippen LogP) is 1.76. The molecule has 1 N–H and O–H groups in total. The molecule has 1 heterocycles. The van der Waals surface area contributed by atoms with E-state index >= 15 is 0 Å². The number of amides is 1. The second-order valence-electron chi connectivity index (χ2n) is 3.74. The summed E-state index contributed by atoms with van der Waals surface area (Å²) < 4.78 is 37.9. The standard InChI is InChI=1S/C11H13F3N2O2/c1-15-9(17)3-2-5-16-6-4-8(7-16)10(18)11(12,13)14/h4,6-7H,2-3,5H2,1H3,(H,15,17). The van der Waals surface area contributed by atoms with Crippen molar-refractivity contribution in [3.63, 3.8) is 0 Å². The molecule has 0 aliphatic rings. The molecular formula is C11H13F3N2O2. The maximum Gasteiger partial charge on any atom is 0.454 e. The number of carbonyl (C=O) groups excluding carboxylic acids is 2. The number of ketones is 1. The van der Waals surface area contributed by atoms with Crippen molar-refractivity contribution in [1.82, 2.24) is 9.88 Å². The van der Waals surface area contributed by atoms with Crippen LogP contribution in [0.3, 0.4) is 0 Å². The van der Waals surface area contributed by atoms with Crippen molar-refractivity contribution in [2.75, 3.05) is 7.05 Å². The number of Topliss-reactive ketones (excluding diaryl/α,β-unsaturated/α-hetero) is 1. The fourth-order valence-electron chi connectivity index (χ4n) is 1.43. The molecule has 0 spiro atoms. The van der Waals surface area contributed by atoms with E-state index in [9.17, 15) is 22.8 Å². The van der Waals surface area contributed by atoms with Crippen LogP contribution in [0.15, 0.2) is 18.5 Å². The maximum atomic E-state index is 12.1. The van der Waals surface area contributed by atoms with Gasteiger partial charge in [0.2, 0.25) is 5.91 Å². The number of hydrogen-bond acceptors (Lipinski definition) is 2. The lowest BCUT2D eigenvalue weighted by molar-refractivity contribution is -0.120. The monoisotopic (exact) mass is 262 g/mol. The van der Waals surface area contributed by atoms with Crippen molar-refractivity contribution in [2.24, 2.45) is 0 Å². The van der Waals surface area contributed by atoms with Crippen molar-refractivity contribution in [2.45, 2.75) is 25.6 Å². The topological polar surface area (TPSA) is 51.1 Å². The normalized spacial score (nSPS) is 11.3. The highest BCUT2D eigenvalue weighted by molar-refractivity contribution is 6.00. The molecule has 0 fully saturated rings. The van der Waals surface area contributed by atoms with Gasteiger partial charge in [-0.05, 0) is 12.5 Å². The van der Waals surface area contributed by atoms with Crippen molar-refractivity contribution in [3.8, 4) is 0 Å². The third-order valence-electron chi connectivity index (χ3n) is 2.37. The van der Waals surface area contributed by atoms with Crippen LogP contribution in [-0.2, 0) is 11.3 Å². The van der Waals surface area contributed by atoms with Crippen LogP contribution in [0.2, 0.25) is 0 Å². The Balaban J connectivity index is 2.54. The van der Waals surface area contributed by atoms with E-state index in [0.29, 0.717) is 13.0 Å². The van der Waals surface area contributed by atoms with Gasteiger partial charge in [-0.3, -0.25) is 9.59 Å². The molecule has 0 aliphatic carbocycles. The van der Waals surface area contributed by atoms with Gasteiger partial charge in [0.15, 0.2) is 0 Å². The molecular weight excluding hydrogens is 249 g/mol. The van der Waals surface area contributed by atoms with Crippen LogP contribution in [0.5, 0.6) is 0 Å². The summed E-state index contributed by atoms with van der Waals surface area (Å²) in [5, 5.41) is 2.44. The number of aromatic nitrogens is 1. The summed E-state index contributed by atoms with van der Waals surface area (Å²) in [6, 6.07) is 1.12. The molecule has 0 atom stereocenters. The first-order valence-corrected chi connectivity index (χ1v) is 5.32. The van der Waals surface area contributed by atoms with Gasteiger partial charge in [-0.2, -0.15) is 13.2 Å². The summed E-state index contributed by atoms with van der Waals surface area (Å²) in [6.07, 6.45) is -1.54. The average molecular weight is 262 g/mol. The van der Waals surface area contributed by atoms with Crippen molar-refractivity contribution in [1.29, 1.82) is 0 Å². The number of halogens is 3. The lowest BCUT2D eigenvalue weighted by Gasteiger charge is -2.03. The van der Waals surface area contributed by atoms with Crippen LogP contribution in [0.25, 0.3) is 0 Å². The molecule has 0 saturated carbocycles. The van der Waals surface area contributed by atoms with Crippen LogP contribution in [0.4, 0.5) is 13.2 Å². The van der Waals surface area contributed by atoms with Gasteiger partial charge in [-0.1, -0.05) is 0 Å². The molecule has 1 rings (SSSR count). The van der Waals surface area contributed by atoms with Gasteiger partial charge in [0.1, 0.15) is 0 Å². The van der Waals surface area contributed by atoms with Crippen molar-refractivity contribution < 1.29 is 22.8 Å². The zero-order valence-corrected chi connectivity index (χ0v) is 9.75. The van der Waals surface area contributed by atoms with E-state index in [-0.39, 0.29) is 17.9 Å². The zero-order chi connectivity index (χ0) is 13.8. The van der Waals surface area contributed by atoms with E-state index in [1.165, 1.54) is 17.8 Å². The molecule has 4 nitrogen and oxygen atoms in total. The number of nitrogens with zero attached hydrogens (tertiary/aromatic N) is 1. The number of nitrogens with one attached hydrogen (secondary N) is 1. The van der Waals surface area contributed by atoms with Gasteiger partial charge < -0.3 is 9.88 Å². The fraction of sp³-hybridized carbons (Fsp3) is 0.455. The zero-order valence-electron chi connectivity index (χ0n) is 9.75. The quantitative estimate of drug-likeness (QED) is 0.822. The summed E-state index contributed by atoms with van der Waals surface area (Å²) in [5.74, 6) is -1.98. The Kier molecular flexibility index (Phi) is 4.52. The van der Waals surface area contributed by atoms with Gasteiger partial charge in [0.05, 0.1) is 0 Å². The smallest absolute Gasteiger partial charge is 0.359 e. The Morgan fingerprint density at radius 1 is 1.39 bits per heavy atom. The van der Waals surface area contributed by atoms with Crippen molar-refractivity contribution >= 4 is 11.7 Å². The first-order chi connectivity index (χ1) is 8.34.